The van der Waals surface area contributed by atoms with Crippen molar-refractivity contribution in [2.75, 3.05) is 0 Å². The Bertz CT molecular complexity index is 714. The zero-order valence-electron chi connectivity index (χ0n) is 11.5. The largest absolute Gasteiger partial charge is 0.387 e. The van der Waals surface area contributed by atoms with Gasteiger partial charge in [0.05, 0.1) is 6.10 Å². The summed E-state index contributed by atoms with van der Waals surface area (Å²) in [6.45, 7) is 2.13. The number of hydrogen-bond acceptors (Lipinski definition) is 2. The van der Waals surface area contributed by atoms with Crippen LogP contribution in [0, 0.1) is 0 Å². The molecule has 0 bridgehead atoms. The molecule has 1 heterocycles. The summed E-state index contributed by atoms with van der Waals surface area (Å²) >= 11 is 1.66. The van der Waals surface area contributed by atoms with Gasteiger partial charge in [0.15, 0.2) is 0 Å². The van der Waals surface area contributed by atoms with Crippen molar-refractivity contribution in [3.63, 3.8) is 0 Å². The third kappa shape index (κ3) is 2.62. The first kappa shape index (κ1) is 13.3. The van der Waals surface area contributed by atoms with Crippen LogP contribution in [0.2, 0.25) is 0 Å². The van der Waals surface area contributed by atoms with Gasteiger partial charge in [-0.15, -0.1) is 11.3 Å². The van der Waals surface area contributed by atoms with E-state index in [0.29, 0.717) is 6.42 Å². The fourth-order valence-corrected chi connectivity index (χ4v) is 3.60. The van der Waals surface area contributed by atoms with Crippen molar-refractivity contribution in [3.8, 4) is 0 Å². The minimum Gasteiger partial charge on any atom is -0.387 e. The second-order valence-corrected chi connectivity index (χ2v) is 6.01. The summed E-state index contributed by atoms with van der Waals surface area (Å²) in [5.41, 5.74) is 2.45. The molecule has 2 aromatic carbocycles. The van der Waals surface area contributed by atoms with Crippen LogP contribution in [0.1, 0.15) is 29.0 Å². The molecule has 1 atom stereocenters. The van der Waals surface area contributed by atoms with E-state index in [9.17, 15) is 5.11 Å². The number of hydrogen-bond donors (Lipinski definition) is 1. The maximum Gasteiger partial charge on any atom is 0.0924 e. The van der Waals surface area contributed by atoms with Crippen molar-refractivity contribution in [3.05, 3.63) is 69.9 Å². The van der Waals surface area contributed by atoms with E-state index >= 15 is 0 Å². The van der Waals surface area contributed by atoms with E-state index in [2.05, 4.69) is 60.8 Å². The van der Waals surface area contributed by atoms with Gasteiger partial charge in [-0.3, -0.25) is 0 Å². The molecule has 0 aliphatic heterocycles. The lowest BCUT2D eigenvalue weighted by molar-refractivity contribution is 0.181. The summed E-state index contributed by atoms with van der Waals surface area (Å²) in [4.78, 5) is 1.11. The Labute approximate surface area is 123 Å². The zero-order valence-corrected chi connectivity index (χ0v) is 12.4. The Morgan fingerprint density at radius 2 is 1.85 bits per heavy atom. The van der Waals surface area contributed by atoms with E-state index in [0.717, 1.165) is 11.3 Å². The summed E-state index contributed by atoms with van der Waals surface area (Å²) in [6, 6.07) is 16.9. The maximum absolute atomic E-state index is 10.5. The summed E-state index contributed by atoms with van der Waals surface area (Å²) in [7, 11) is 0. The quantitative estimate of drug-likeness (QED) is 0.733. The maximum atomic E-state index is 10.5. The van der Waals surface area contributed by atoms with E-state index in [-0.39, 0.29) is 0 Å². The minimum atomic E-state index is -0.397. The van der Waals surface area contributed by atoms with Gasteiger partial charge >= 0.3 is 0 Å². The zero-order chi connectivity index (χ0) is 13.9. The Kier molecular flexibility index (Phi) is 3.86. The molecule has 0 spiro atoms. The lowest BCUT2D eigenvalue weighted by Gasteiger charge is -2.11. The van der Waals surface area contributed by atoms with Crippen LogP contribution in [-0.4, -0.2) is 5.11 Å². The Morgan fingerprint density at radius 3 is 2.65 bits per heavy atom. The predicted molar refractivity (Wildman–Crippen MR) is 86.3 cm³/mol. The predicted octanol–water partition coefficient (Wildman–Crippen LogP) is 4.74. The SMILES string of the molecule is CCc1ccsc1C(O)Cc1ccc2ccccc2c1. The standard InChI is InChI=1S/C18H18OS/c1-2-14-9-10-20-18(14)17(19)12-13-7-8-15-5-3-4-6-16(15)11-13/h3-11,17,19H,2,12H2,1H3. The van der Waals surface area contributed by atoms with Crippen molar-refractivity contribution in [1.29, 1.82) is 0 Å². The average molecular weight is 282 g/mol. The molecule has 3 aromatic rings. The van der Waals surface area contributed by atoms with Gasteiger partial charge < -0.3 is 5.11 Å². The van der Waals surface area contributed by atoms with Crippen LogP contribution in [0.25, 0.3) is 10.8 Å². The highest BCUT2D eigenvalue weighted by Gasteiger charge is 2.14. The number of fused-ring (bicyclic) bond motifs is 1. The number of benzene rings is 2. The van der Waals surface area contributed by atoms with Gasteiger partial charge in [-0.2, -0.15) is 0 Å². The molecule has 1 aromatic heterocycles. The van der Waals surface area contributed by atoms with Crippen LogP contribution in [-0.2, 0) is 12.8 Å². The fourth-order valence-electron chi connectivity index (χ4n) is 2.61. The molecule has 0 saturated carbocycles. The summed E-state index contributed by atoms with van der Waals surface area (Å²) in [5.74, 6) is 0. The summed E-state index contributed by atoms with van der Waals surface area (Å²) in [5, 5.41) is 15.0. The summed E-state index contributed by atoms with van der Waals surface area (Å²) in [6.07, 6.45) is 1.26. The van der Waals surface area contributed by atoms with Gasteiger partial charge in [0, 0.05) is 11.3 Å². The summed E-state index contributed by atoms with van der Waals surface area (Å²) < 4.78 is 0. The van der Waals surface area contributed by atoms with E-state index < -0.39 is 6.10 Å². The molecule has 1 nitrogen and oxygen atoms in total. The third-order valence-electron chi connectivity index (χ3n) is 3.71. The van der Waals surface area contributed by atoms with E-state index in [4.69, 9.17) is 0 Å². The molecule has 1 unspecified atom stereocenters. The topological polar surface area (TPSA) is 20.2 Å². The van der Waals surface area contributed by atoms with Gasteiger partial charge in [0.1, 0.15) is 0 Å². The number of rotatable bonds is 4. The van der Waals surface area contributed by atoms with Gasteiger partial charge in [-0.1, -0.05) is 49.4 Å². The molecule has 3 rings (SSSR count). The lowest BCUT2D eigenvalue weighted by atomic mass is 10.0. The van der Waals surface area contributed by atoms with Gasteiger partial charge in [-0.05, 0) is 39.8 Å². The highest BCUT2D eigenvalue weighted by molar-refractivity contribution is 7.10. The molecule has 0 aliphatic rings. The molecule has 102 valence electrons. The molecular formula is C18H18OS. The first-order valence-electron chi connectivity index (χ1n) is 7.00. The Hall–Kier alpha value is -1.64. The number of aliphatic hydroxyl groups is 1. The van der Waals surface area contributed by atoms with E-state index in [1.165, 1.54) is 21.9 Å². The number of aliphatic hydroxyl groups excluding tert-OH is 1. The first-order chi connectivity index (χ1) is 9.78. The monoisotopic (exact) mass is 282 g/mol. The lowest BCUT2D eigenvalue weighted by Crippen LogP contribution is -2.02. The second kappa shape index (κ2) is 5.78. The smallest absolute Gasteiger partial charge is 0.0924 e. The van der Waals surface area contributed by atoms with Crippen molar-refractivity contribution in [2.24, 2.45) is 0 Å². The molecular weight excluding hydrogens is 264 g/mol. The van der Waals surface area contributed by atoms with Crippen LogP contribution in [0.4, 0.5) is 0 Å². The normalized spacial score (nSPS) is 12.7. The molecule has 2 heteroatoms. The number of thiophene rings is 1. The van der Waals surface area contributed by atoms with Crippen molar-refractivity contribution in [1.82, 2.24) is 0 Å². The van der Waals surface area contributed by atoms with Crippen LogP contribution in [0.5, 0.6) is 0 Å². The molecule has 0 radical (unpaired) electrons. The molecule has 0 aliphatic carbocycles. The van der Waals surface area contributed by atoms with Crippen molar-refractivity contribution < 1.29 is 5.11 Å². The third-order valence-corrected chi connectivity index (χ3v) is 4.77. The minimum absolute atomic E-state index is 0.397. The van der Waals surface area contributed by atoms with Gasteiger partial charge in [0.2, 0.25) is 0 Å². The van der Waals surface area contributed by atoms with Crippen molar-refractivity contribution in [2.45, 2.75) is 25.9 Å². The molecule has 0 saturated heterocycles. The van der Waals surface area contributed by atoms with Crippen molar-refractivity contribution >= 4 is 22.1 Å². The van der Waals surface area contributed by atoms with Crippen LogP contribution >= 0.6 is 11.3 Å². The van der Waals surface area contributed by atoms with Gasteiger partial charge in [-0.25, -0.2) is 0 Å². The molecule has 1 N–H and O–H groups in total. The first-order valence-corrected chi connectivity index (χ1v) is 7.88. The molecule has 20 heavy (non-hydrogen) atoms. The van der Waals surface area contributed by atoms with Crippen LogP contribution in [0.3, 0.4) is 0 Å². The number of aryl methyl sites for hydroxylation is 1. The molecule has 0 amide bonds. The van der Waals surface area contributed by atoms with Crippen LogP contribution in [0.15, 0.2) is 53.9 Å². The highest BCUT2D eigenvalue weighted by atomic mass is 32.1. The highest BCUT2D eigenvalue weighted by Crippen LogP contribution is 2.28. The van der Waals surface area contributed by atoms with E-state index in [1.807, 2.05) is 0 Å². The average Bonchev–Trinajstić information content (AvgIpc) is 2.95. The Morgan fingerprint density at radius 1 is 1.05 bits per heavy atom. The second-order valence-electron chi connectivity index (χ2n) is 5.07. The Balaban J connectivity index is 1.85. The molecule has 0 fully saturated rings. The van der Waals surface area contributed by atoms with Crippen LogP contribution < -0.4 is 0 Å². The van der Waals surface area contributed by atoms with E-state index in [1.54, 1.807) is 11.3 Å². The fraction of sp³-hybridized carbons (Fsp3) is 0.222. The van der Waals surface area contributed by atoms with Gasteiger partial charge in [0.25, 0.3) is 0 Å².